The SMILES string of the molecule is Cc1ccc(C(O)CN2CCCN(C)CC2C)c(C)c1. The number of aliphatic hydroxyl groups is 1. The van der Waals surface area contributed by atoms with Gasteiger partial charge in [0.25, 0.3) is 0 Å². The fraction of sp³-hybridized carbons (Fsp3) is 0.647. The third kappa shape index (κ3) is 3.81. The third-order valence-corrected chi connectivity index (χ3v) is 4.38. The zero-order valence-electron chi connectivity index (χ0n) is 13.3. The van der Waals surface area contributed by atoms with E-state index >= 15 is 0 Å². The summed E-state index contributed by atoms with van der Waals surface area (Å²) >= 11 is 0. The van der Waals surface area contributed by atoms with E-state index in [0.717, 1.165) is 31.7 Å². The van der Waals surface area contributed by atoms with Gasteiger partial charge < -0.3 is 10.0 Å². The van der Waals surface area contributed by atoms with Crippen molar-refractivity contribution in [3.05, 3.63) is 34.9 Å². The zero-order valence-corrected chi connectivity index (χ0v) is 13.3. The maximum atomic E-state index is 10.6. The Morgan fingerprint density at radius 3 is 2.75 bits per heavy atom. The molecule has 3 heteroatoms. The van der Waals surface area contributed by atoms with E-state index in [1.165, 1.54) is 17.5 Å². The quantitative estimate of drug-likeness (QED) is 0.918. The van der Waals surface area contributed by atoms with Crippen molar-refractivity contribution in [2.24, 2.45) is 0 Å². The van der Waals surface area contributed by atoms with E-state index in [2.05, 4.69) is 55.8 Å². The smallest absolute Gasteiger partial charge is 0.0919 e. The van der Waals surface area contributed by atoms with Gasteiger partial charge >= 0.3 is 0 Å². The summed E-state index contributed by atoms with van der Waals surface area (Å²) in [6, 6.07) is 6.82. The van der Waals surface area contributed by atoms with Crippen LogP contribution in [0.1, 0.15) is 36.1 Å². The Bertz CT molecular complexity index is 447. The van der Waals surface area contributed by atoms with Crippen LogP contribution < -0.4 is 0 Å². The van der Waals surface area contributed by atoms with Gasteiger partial charge in [-0.2, -0.15) is 0 Å². The largest absolute Gasteiger partial charge is 0.387 e. The molecule has 1 saturated heterocycles. The molecule has 112 valence electrons. The molecule has 0 saturated carbocycles. The molecular formula is C17H28N2O. The molecular weight excluding hydrogens is 248 g/mol. The first kappa shape index (κ1) is 15.5. The molecule has 1 fully saturated rings. The highest BCUT2D eigenvalue weighted by Crippen LogP contribution is 2.21. The van der Waals surface area contributed by atoms with Crippen molar-refractivity contribution in [1.82, 2.24) is 9.80 Å². The van der Waals surface area contributed by atoms with E-state index in [-0.39, 0.29) is 6.10 Å². The molecule has 0 aromatic heterocycles. The minimum Gasteiger partial charge on any atom is -0.387 e. The minimum absolute atomic E-state index is 0.388. The number of aliphatic hydroxyl groups excluding tert-OH is 1. The lowest BCUT2D eigenvalue weighted by Crippen LogP contribution is -2.40. The molecule has 0 amide bonds. The van der Waals surface area contributed by atoms with Crippen molar-refractivity contribution >= 4 is 0 Å². The number of hydrogen-bond donors (Lipinski definition) is 1. The Morgan fingerprint density at radius 2 is 2.05 bits per heavy atom. The van der Waals surface area contributed by atoms with Gasteiger partial charge in [-0.05, 0) is 58.5 Å². The van der Waals surface area contributed by atoms with Crippen LogP contribution in [0.25, 0.3) is 0 Å². The maximum Gasteiger partial charge on any atom is 0.0919 e. The van der Waals surface area contributed by atoms with Gasteiger partial charge in [-0.1, -0.05) is 23.8 Å². The van der Waals surface area contributed by atoms with E-state index in [0.29, 0.717) is 6.04 Å². The van der Waals surface area contributed by atoms with Crippen molar-refractivity contribution in [3.8, 4) is 0 Å². The van der Waals surface area contributed by atoms with Crippen LogP contribution in [0.4, 0.5) is 0 Å². The monoisotopic (exact) mass is 276 g/mol. The molecule has 2 unspecified atom stereocenters. The number of rotatable bonds is 3. The van der Waals surface area contributed by atoms with E-state index in [1.807, 2.05) is 0 Å². The number of β-amino-alcohol motifs (C(OH)–C–C–N with tert-alkyl or cyclic N) is 1. The Labute approximate surface area is 123 Å². The molecule has 1 aromatic carbocycles. The lowest BCUT2D eigenvalue weighted by Gasteiger charge is -2.30. The molecule has 1 heterocycles. The van der Waals surface area contributed by atoms with Crippen molar-refractivity contribution < 1.29 is 5.11 Å². The molecule has 1 N–H and O–H groups in total. The lowest BCUT2D eigenvalue weighted by molar-refractivity contribution is 0.0916. The second-order valence-electron chi connectivity index (χ2n) is 6.34. The highest BCUT2D eigenvalue weighted by molar-refractivity contribution is 5.32. The molecule has 1 aliphatic heterocycles. The van der Waals surface area contributed by atoms with Gasteiger partial charge in [-0.15, -0.1) is 0 Å². The number of benzene rings is 1. The van der Waals surface area contributed by atoms with Crippen LogP contribution in [-0.4, -0.2) is 54.2 Å². The number of aryl methyl sites for hydroxylation is 2. The fourth-order valence-electron chi connectivity index (χ4n) is 3.21. The molecule has 0 aliphatic carbocycles. The second-order valence-corrected chi connectivity index (χ2v) is 6.34. The first-order chi connectivity index (χ1) is 9.47. The molecule has 0 radical (unpaired) electrons. The summed E-state index contributed by atoms with van der Waals surface area (Å²) in [5, 5.41) is 10.6. The molecule has 20 heavy (non-hydrogen) atoms. The van der Waals surface area contributed by atoms with Crippen LogP contribution in [0.2, 0.25) is 0 Å². The summed E-state index contributed by atoms with van der Waals surface area (Å²) in [5.74, 6) is 0. The Kier molecular flexibility index (Phi) is 5.19. The number of likely N-dealkylation sites (N-methyl/N-ethyl adjacent to an activating group) is 1. The number of hydrogen-bond acceptors (Lipinski definition) is 3. The Balaban J connectivity index is 2.04. The molecule has 0 bridgehead atoms. The van der Waals surface area contributed by atoms with Crippen LogP contribution in [0.5, 0.6) is 0 Å². The van der Waals surface area contributed by atoms with Gasteiger partial charge in [0.05, 0.1) is 6.10 Å². The van der Waals surface area contributed by atoms with Crippen LogP contribution in [0.15, 0.2) is 18.2 Å². The van der Waals surface area contributed by atoms with Crippen LogP contribution in [0, 0.1) is 13.8 Å². The standard InChI is InChI=1S/C17H28N2O/c1-13-6-7-16(14(2)10-13)17(20)12-19-9-5-8-18(4)11-15(19)3/h6-7,10,15,17,20H,5,8-9,11-12H2,1-4H3. The first-order valence-corrected chi connectivity index (χ1v) is 7.65. The fourth-order valence-corrected chi connectivity index (χ4v) is 3.21. The first-order valence-electron chi connectivity index (χ1n) is 7.65. The van der Waals surface area contributed by atoms with Gasteiger partial charge in [-0.25, -0.2) is 0 Å². The topological polar surface area (TPSA) is 26.7 Å². The van der Waals surface area contributed by atoms with Gasteiger partial charge in [-0.3, -0.25) is 4.90 Å². The van der Waals surface area contributed by atoms with E-state index < -0.39 is 0 Å². The summed E-state index contributed by atoms with van der Waals surface area (Å²) in [5.41, 5.74) is 3.51. The Hall–Kier alpha value is -0.900. The predicted octanol–water partition coefficient (Wildman–Crippen LogP) is 2.36. The summed E-state index contributed by atoms with van der Waals surface area (Å²) in [6.45, 7) is 10.5. The van der Waals surface area contributed by atoms with Crippen LogP contribution >= 0.6 is 0 Å². The highest BCUT2D eigenvalue weighted by atomic mass is 16.3. The van der Waals surface area contributed by atoms with Crippen molar-refractivity contribution in [1.29, 1.82) is 0 Å². The molecule has 1 aromatic rings. The lowest BCUT2D eigenvalue weighted by atomic mass is 10.0. The molecule has 2 atom stereocenters. The number of nitrogens with zero attached hydrogens (tertiary/aromatic N) is 2. The minimum atomic E-state index is -0.388. The van der Waals surface area contributed by atoms with E-state index in [9.17, 15) is 5.11 Å². The molecule has 2 rings (SSSR count). The Morgan fingerprint density at radius 1 is 1.30 bits per heavy atom. The van der Waals surface area contributed by atoms with Gasteiger partial charge in [0.15, 0.2) is 0 Å². The maximum absolute atomic E-state index is 10.6. The van der Waals surface area contributed by atoms with Crippen molar-refractivity contribution in [3.63, 3.8) is 0 Å². The van der Waals surface area contributed by atoms with Crippen LogP contribution in [-0.2, 0) is 0 Å². The molecule has 1 aliphatic rings. The average molecular weight is 276 g/mol. The normalized spacial score (nSPS) is 23.6. The molecule has 3 nitrogen and oxygen atoms in total. The highest BCUT2D eigenvalue weighted by Gasteiger charge is 2.22. The average Bonchev–Trinajstić information content (AvgIpc) is 2.51. The predicted molar refractivity (Wildman–Crippen MR) is 84.0 cm³/mol. The summed E-state index contributed by atoms with van der Waals surface area (Å²) in [6.07, 6.45) is 0.793. The second kappa shape index (κ2) is 6.70. The zero-order chi connectivity index (χ0) is 14.7. The summed E-state index contributed by atoms with van der Waals surface area (Å²) in [7, 11) is 2.18. The third-order valence-electron chi connectivity index (χ3n) is 4.38. The summed E-state index contributed by atoms with van der Waals surface area (Å²) < 4.78 is 0. The van der Waals surface area contributed by atoms with Crippen molar-refractivity contribution in [2.75, 3.05) is 33.2 Å². The van der Waals surface area contributed by atoms with Gasteiger partial charge in [0, 0.05) is 19.1 Å². The van der Waals surface area contributed by atoms with E-state index in [1.54, 1.807) is 0 Å². The van der Waals surface area contributed by atoms with E-state index in [4.69, 9.17) is 0 Å². The van der Waals surface area contributed by atoms with Crippen LogP contribution in [0.3, 0.4) is 0 Å². The molecule has 0 spiro atoms. The van der Waals surface area contributed by atoms with Gasteiger partial charge in [0.2, 0.25) is 0 Å². The van der Waals surface area contributed by atoms with Gasteiger partial charge in [0.1, 0.15) is 0 Å². The van der Waals surface area contributed by atoms with Crippen molar-refractivity contribution in [2.45, 2.75) is 39.3 Å². The summed E-state index contributed by atoms with van der Waals surface area (Å²) in [4.78, 5) is 4.81.